The average molecular weight is 252 g/mol. The fraction of sp³-hybridized carbons (Fsp3) is 0.800. The third-order valence-electron chi connectivity index (χ3n) is 2.09. The van der Waals surface area contributed by atoms with Crippen LogP contribution in [0.5, 0.6) is 0 Å². The van der Waals surface area contributed by atoms with E-state index < -0.39 is 10.8 Å². The molecular weight excluding hydrogens is 230 g/mol. The number of hydrogen-bond donors (Lipinski definition) is 1. The molecule has 0 aromatic heterocycles. The van der Waals surface area contributed by atoms with Crippen LogP contribution in [0.25, 0.3) is 0 Å². The van der Waals surface area contributed by atoms with Crippen molar-refractivity contribution >= 4 is 10.8 Å². The maximum absolute atomic E-state index is 10.7. The number of allylic oxidation sites excluding steroid dienone is 1. The fourth-order valence-corrected chi connectivity index (χ4v) is 1.52. The zero-order chi connectivity index (χ0) is 12.3. The number of quaternary nitrogens is 1. The van der Waals surface area contributed by atoms with E-state index >= 15 is 0 Å². The van der Waals surface area contributed by atoms with Gasteiger partial charge in [-0.3, -0.25) is 0 Å². The number of rotatable bonds is 10. The molecule has 0 heterocycles. The van der Waals surface area contributed by atoms with Crippen molar-refractivity contribution in [1.29, 1.82) is 0 Å². The molecule has 1 unspecified atom stereocenters. The smallest absolute Gasteiger partial charge is 0.155 e. The Morgan fingerprint density at radius 3 is 2.50 bits per heavy atom. The second-order valence-corrected chi connectivity index (χ2v) is 4.77. The second-order valence-electron chi connectivity index (χ2n) is 3.48. The van der Waals surface area contributed by atoms with E-state index in [9.17, 15) is 8.76 Å². The molecule has 0 aliphatic carbocycles. The maximum atomic E-state index is 10.7. The van der Waals surface area contributed by atoms with E-state index in [4.69, 9.17) is 0 Å². The molecule has 95 valence electrons. The van der Waals surface area contributed by atoms with E-state index in [1.807, 2.05) is 6.08 Å². The van der Waals surface area contributed by atoms with Gasteiger partial charge in [0, 0.05) is 4.21 Å². The molecule has 5 nitrogen and oxygen atoms in total. The predicted octanol–water partition coefficient (Wildman–Crippen LogP) is 1.77. The van der Waals surface area contributed by atoms with Crippen LogP contribution in [0, 0.1) is 0 Å². The second kappa shape index (κ2) is 9.92. The van der Waals surface area contributed by atoms with E-state index in [-0.39, 0.29) is 6.61 Å². The standard InChI is InChI=1S/C10H22NO4S/c1-2-3-4-5-6-7-8-9-10-14-16(12,13)15-11/h8-9H,2-7,10H2,1,11H3/q+2/b9-8+. The van der Waals surface area contributed by atoms with Gasteiger partial charge in [-0.05, 0) is 12.8 Å². The lowest BCUT2D eigenvalue weighted by atomic mass is 10.1. The zero-order valence-electron chi connectivity index (χ0n) is 9.85. The van der Waals surface area contributed by atoms with E-state index in [0.717, 1.165) is 12.8 Å². The lowest BCUT2D eigenvalue weighted by Gasteiger charge is -1.95. The van der Waals surface area contributed by atoms with Crippen molar-refractivity contribution < 1.29 is 23.1 Å². The highest BCUT2D eigenvalue weighted by Gasteiger charge is 2.34. The molecular formula is C10H22NO4S+2. The Bertz CT molecular complexity index is 233. The van der Waals surface area contributed by atoms with Gasteiger partial charge in [0.25, 0.3) is 0 Å². The first-order valence-corrected chi connectivity index (χ1v) is 6.93. The number of unbranched alkanes of at least 4 members (excludes halogenated alkanes) is 5. The maximum Gasteiger partial charge on any atom is 0.597 e. The normalized spacial score (nSPS) is 15.4. The van der Waals surface area contributed by atoms with Gasteiger partial charge in [-0.1, -0.05) is 44.8 Å². The summed E-state index contributed by atoms with van der Waals surface area (Å²) in [6.07, 6.45) is 10.7. The molecule has 0 saturated carbocycles. The van der Waals surface area contributed by atoms with Gasteiger partial charge in [0.1, 0.15) is 11.2 Å². The molecule has 0 fully saturated rings. The summed E-state index contributed by atoms with van der Waals surface area (Å²) in [4.78, 5) is 0. The van der Waals surface area contributed by atoms with Crippen LogP contribution in [0.4, 0.5) is 0 Å². The Balaban J connectivity index is 3.32. The molecule has 0 spiro atoms. The lowest BCUT2D eigenvalue weighted by molar-refractivity contribution is -0.640. The Morgan fingerprint density at radius 2 is 1.88 bits per heavy atom. The minimum Gasteiger partial charge on any atom is -0.155 e. The van der Waals surface area contributed by atoms with Crippen LogP contribution in [-0.2, 0) is 28.0 Å². The topological polar surface area (TPSA) is 83.1 Å². The van der Waals surface area contributed by atoms with Crippen molar-refractivity contribution in [3.63, 3.8) is 0 Å². The summed E-state index contributed by atoms with van der Waals surface area (Å²) in [6, 6.07) is 0. The van der Waals surface area contributed by atoms with Crippen LogP contribution >= 0.6 is 0 Å². The first-order valence-electron chi connectivity index (χ1n) is 5.60. The summed E-state index contributed by atoms with van der Waals surface area (Å²) in [5, 5.41) is 0. The number of hydrogen-bond acceptors (Lipinski definition) is 3. The van der Waals surface area contributed by atoms with Gasteiger partial charge in [-0.15, -0.1) is 4.18 Å². The van der Waals surface area contributed by atoms with E-state index in [2.05, 4.69) is 21.3 Å². The molecule has 16 heavy (non-hydrogen) atoms. The van der Waals surface area contributed by atoms with Crippen molar-refractivity contribution in [2.45, 2.75) is 45.4 Å². The summed E-state index contributed by atoms with van der Waals surface area (Å²) in [5.41, 5.74) is 0. The minimum absolute atomic E-state index is 0.00676. The molecule has 1 atom stereocenters. The van der Waals surface area contributed by atoms with E-state index in [1.54, 1.807) is 6.08 Å². The van der Waals surface area contributed by atoms with Crippen molar-refractivity contribution in [3.05, 3.63) is 12.2 Å². The van der Waals surface area contributed by atoms with E-state index in [0.29, 0.717) is 0 Å². The van der Waals surface area contributed by atoms with Gasteiger partial charge in [0.2, 0.25) is 0 Å². The molecule has 0 aromatic carbocycles. The van der Waals surface area contributed by atoms with Gasteiger partial charge < -0.3 is 0 Å². The molecule has 0 amide bonds. The Kier molecular flexibility index (Phi) is 9.75. The van der Waals surface area contributed by atoms with Gasteiger partial charge in [0.05, 0.1) is 4.28 Å². The summed E-state index contributed by atoms with van der Waals surface area (Å²) in [7, 11) is -3.89. The average Bonchev–Trinajstić information content (AvgIpc) is 2.27. The summed E-state index contributed by atoms with van der Waals surface area (Å²) >= 11 is 0. The molecule has 0 aromatic rings. The Hall–Kier alpha value is -0.270. The third-order valence-corrected chi connectivity index (χ3v) is 2.81. The highest BCUT2D eigenvalue weighted by Crippen LogP contribution is 2.05. The van der Waals surface area contributed by atoms with Crippen LogP contribution in [0.2, 0.25) is 0 Å². The molecule has 6 heteroatoms. The Morgan fingerprint density at radius 1 is 1.19 bits per heavy atom. The lowest BCUT2D eigenvalue weighted by Crippen LogP contribution is -2.53. The first-order chi connectivity index (χ1) is 7.62. The van der Waals surface area contributed by atoms with Crippen LogP contribution in [0.15, 0.2) is 12.2 Å². The van der Waals surface area contributed by atoms with Crippen molar-refractivity contribution in [2.75, 3.05) is 6.61 Å². The van der Waals surface area contributed by atoms with Gasteiger partial charge >= 0.3 is 10.8 Å². The predicted molar refractivity (Wildman–Crippen MR) is 61.2 cm³/mol. The fourth-order valence-electron chi connectivity index (χ4n) is 1.21. The van der Waals surface area contributed by atoms with Crippen LogP contribution in [-0.4, -0.2) is 6.61 Å². The Labute approximate surface area is 98.6 Å². The van der Waals surface area contributed by atoms with Crippen molar-refractivity contribution in [3.8, 4) is 0 Å². The largest absolute Gasteiger partial charge is 0.597 e. The van der Waals surface area contributed by atoms with Crippen LogP contribution < -0.4 is 5.90 Å². The molecule has 0 rings (SSSR count). The summed E-state index contributed by atoms with van der Waals surface area (Å²) < 4.78 is 29.6. The van der Waals surface area contributed by atoms with Crippen LogP contribution in [0.1, 0.15) is 45.4 Å². The van der Waals surface area contributed by atoms with Gasteiger partial charge in [-0.2, -0.15) is 5.90 Å². The van der Waals surface area contributed by atoms with E-state index in [1.165, 1.54) is 25.7 Å². The molecule has 0 saturated heterocycles. The quantitative estimate of drug-likeness (QED) is 0.278. The zero-order valence-corrected chi connectivity index (χ0v) is 10.7. The molecule has 0 aliphatic heterocycles. The van der Waals surface area contributed by atoms with Gasteiger partial charge in [-0.25, -0.2) is 0 Å². The molecule has 1 radical (unpaired) electrons. The summed E-state index contributed by atoms with van der Waals surface area (Å²) in [6.45, 7) is 2.19. The SMILES string of the molecule is CCCCCCC/C=C/CO[S+]([O])(=O)O[NH3+]. The monoisotopic (exact) mass is 252 g/mol. The molecule has 3 N–H and O–H groups in total. The molecule has 0 aliphatic rings. The molecule has 0 bridgehead atoms. The highest BCUT2D eigenvalue weighted by molar-refractivity contribution is 7.88. The highest BCUT2D eigenvalue weighted by atomic mass is 32.3. The minimum atomic E-state index is -3.89. The van der Waals surface area contributed by atoms with Crippen molar-refractivity contribution in [1.82, 2.24) is 0 Å². The van der Waals surface area contributed by atoms with Crippen LogP contribution in [0.3, 0.4) is 0 Å². The third kappa shape index (κ3) is 10.3. The first kappa shape index (κ1) is 15.7. The van der Waals surface area contributed by atoms with Gasteiger partial charge in [0.15, 0.2) is 0 Å². The summed E-state index contributed by atoms with van der Waals surface area (Å²) in [5.74, 6) is 2.78. The van der Waals surface area contributed by atoms with Crippen molar-refractivity contribution in [2.24, 2.45) is 0 Å².